The third-order valence-corrected chi connectivity index (χ3v) is 5.44. The van der Waals surface area contributed by atoms with Gasteiger partial charge in [0.15, 0.2) is 0 Å². The normalized spacial score (nSPS) is 11.1. The highest BCUT2D eigenvalue weighted by molar-refractivity contribution is 6.20. The zero-order chi connectivity index (χ0) is 20.7. The molecule has 0 aliphatic carbocycles. The van der Waals surface area contributed by atoms with E-state index in [0.717, 1.165) is 49.9 Å². The Morgan fingerprint density at radius 1 is 0.867 bits per heavy atom. The summed E-state index contributed by atoms with van der Waals surface area (Å²) in [4.78, 5) is 17.4. The van der Waals surface area contributed by atoms with Gasteiger partial charge in [-0.25, -0.2) is 0 Å². The molecule has 30 heavy (non-hydrogen) atoms. The molecule has 0 aliphatic heterocycles. The van der Waals surface area contributed by atoms with Gasteiger partial charge < -0.3 is 4.74 Å². The molecule has 2 aromatic heterocycles. The van der Waals surface area contributed by atoms with E-state index in [-0.39, 0.29) is 5.91 Å². The third kappa shape index (κ3) is 2.77. The average molecular weight is 392 g/mol. The highest BCUT2D eigenvalue weighted by Gasteiger charge is 2.21. The number of methoxy groups -OCH3 is 1. The maximum absolute atomic E-state index is 12.6. The van der Waals surface area contributed by atoms with Gasteiger partial charge in [-0.05, 0) is 23.8 Å². The highest BCUT2D eigenvalue weighted by atomic mass is 16.5. The van der Waals surface area contributed by atoms with Crippen molar-refractivity contribution >= 4 is 27.7 Å². The number of carbonyl (C=O) groups is 1. The van der Waals surface area contributed by atoms with Crippen LogP contribution in [0.4, 0.5) is 0 Å². The van der Waals surface area contributed by atoms with E-state index in [9.17, 15) is 4.79 Å². The predicted molar refractivity (Wildman–Crippen MR) is 121 cm³/mol. The maximum atomic E-state index is 12.6. The summed E-state index contributed by atoms with van der Waals surface area (Å²) >= 11 is 0. The SMILES string of the molecule is COc1ccc2c(c1)c1c(-c3ccccc3)c(-c3ccccc3)ncc1n2C(C)=O. The minimum Gasteiger partial charge on any atom is -0.497 e. The van der Waals surface area contributed by atoms with Crippen molar-refractivity contribution in [1.29, 1.82) is 0 Å². The molecule has 0 saturated heterocycles. The van der Waals surface area contributed by atoms with Gasteiger partial charge in [-0.2, -0.15) is 0 Å². The summed E-state index contributed by atoms with van der Waals surface area (Å²) < 4.78 is 7.23. The van der Waals surface area contributed by atoms with Crippen molar-refractivity contribution in [3.63, 3.8) is 0 Å². The van der Waals surface area contributed by atoms with E-state index < -0.39 is 0 Å². The second kappa shape index (κ2) is 7.16. The number of hydrogen-bond donors (Lipinski definition) is 0. The molecule has 4 heteroatoms. The van der Waals surface area contributed by atoms with Crippen molar-refractivity contribution < 1.29 is 9.53 Å². The summed E-state index contributed by atoms with van der Waals surface area (Å²) in [5.41, 5.74) is 5.63. The van der Waals surface area contributed by atoms with Crippen LogP contribution in [-0.2, 0) is 0 Å². The van der Waals surface area contributed by atoms with Crippen LogP contribution in [0.25, 0.3) is 44.2 Å². The predicted octanol–water partition coefficient (Wildman–Crippen LogP) is 6.19. The Hall–Kier alpha value is -3.92. The van der Waals surface area contributed by atoms with Gasteiger partial charge in [-0.3, -0.25) is 14.3 Å². The van der Waals surface area contributed by atoms with E-state index in [4.69, 9.17) is 9.72 Å². The molecule has 0 N–H and O–H groups in total. The number of benzene rings is 3. The third-order valence-electron chi connectivity index (χ3n) is 5.44. The molecule has 0 bridgehead atoms. The minimum absolute atomic E-state index is 0.0477. The van der Waals surface area contributed by atoms with Crippen molar-refractivity contribution in [2.45, 2.75) is 6.92 Å². The molecule has 0 amide bonds. The largest absolute Gasteiger partial charge is 0.497 e. The number of aromatic nitrogens is 2. The Morgan fingerprint density at radius 2 is 1.53 bits per heavy atom. The molecule has 0 unspecified atom stereocenters. The molecule has 0 fully saturated rings. The highest BCUT2D eigenvalue weighted by Crippen LogP contribution is 2.42. The van der Waals surface area contributed by atoms with Crippen molar-refractivity contribution in [2.24, 2.45) is 0 Å². The molecular formula is C26H20N2O2. The molecule has 4 nitrogen and oxygen atoms in total. The van der Waals surface area contributed by atoms with Crippen LogP contribution >= 0.6 is 0 Å². The molecule has 5 rings (SSSR count). The molecule has 0 saturated carbocycles. The summed E-state index contributed by atoms with van der Waals surface area (Å²) in [6.45, 7) is 1.58. The Balaban J connectivity index is 2.02. The summed E-state index contributed by atoms with van der Waals surface area (Å²) in [6, 6.07) is 26.2. The standard InChI is InChI=1S/C26H20N2O2/c1-17(29)28-22-14-13-20(30-2)15-21(22)25-23(28)16-27-26(19-11-7-4-8-12-19)24(25)18-9-5-3-6-10-18/h3-16H,1-2H3. The monoisotopic (exact) mass is 392 g/mol. The summed E-state index contributed by atoms with van der Waals surface area (Å²) in [7, 11) is 1.65. The molecular weight excluding hydrogens is 372 g/mol. The van der Waals surface area contributed by atoms with Gasteiger partial charge >= 0.3 is 0 Å². The van der Waals surface area contributed by atoms with Gasteiger partial charge in [0.25, 0.3) is 0 Å². The fraction of sp³-hybridized carbons (Fsp3) is 0.0769. The first-order valence-electron chi connectivity index (χ1n) is 9.82. The van der Waals surface area contributed by atoms with E-state index in [1.807, 2.05) is 54.6 Å². The van der Waals surface area contributed by atoms with Crippen molar-refractivity contribution in [3.8, 4) is 28.1 Å². The average Bonchev–Trinajstić information content (AvgIpc) is 3.13. The molecule has 146 valence electrons. The molecule has 0 radical (unpaired) electrons. The molecule has 5 aromatic rings. The van der Waals surface area contributed by atoms with Gasteiger partial charge in [-0.15, -0.1) is 0 Å². The number of rotatable bonds is 3. The topological polar surface area (TPSA) is 44.1 Å². The summed E-state index contributed by atoms with van der Waals surface area (Å²) in [5, 5.41) is 1.97. The molecule has 2 heterocycles. The van der Waals surface area contributed by atoms with Crippen molar-refractivity contribution in [3.05, 3.63) is 85.1 Å². The lowest BCUT2D eigenvalue weighted by molar-refractivity contribution is 0.0946. The van der Waals surface area contributed by atoms with Crippen LogP contribution in [0, 0.1) is 0 Å². The Kier molecular flexibility index (Phi) is 4.32. The van der Waals surface area contributed by atoms with Gasteiger partial charge in [0, 0.05) is 28.8 Å². The van der Waals surface area contributed by atoms with E-state index in [1.165, 1.54) is 0 Å². The Labute approximate surface area is 174 Å². The molecule has 0 aliphatic rings. The van der Waals surface area contributed by atoms with Crippen molar-refractivity contribution in [1.82, 2.24) is 9.55 Å². The van der Waals surface area contributed by atoms with Gasteiger partial charge in [-0.1, -0.05) is 60.7 Å². The second-order valence-corrected chi connectivity index (χ2v) is 7.21. The van der Waals surface area contributed by atoms with Crippen LogP contribution in [0.15, 0.2) is 85.1 Å². The van der Waals surface area contributed by atoms with E-state index >= 15 is 0 Å². The summed E-state index contributed by atoms with van der Waals surface area (Å²) in [5.74, 6) is 0.704. The van der Waals surface area contributed by atoms with Gasteiger partial charge in [0.2, 0.25) is 5.91 Å². The number of ether oxygens (including phenoxy) is 1. The zero-order valence-electron chi connectivity index (χ0n) is 16.8. The number of nitrogens with zero attached hydrogens (tertiary/aromatic N) is 2. The van der Waals surface area contributed by atoms with E-state index in [0.29, 0.717) is 0 Å². The molecule has 3 aromatic carbocycles. The first kappa shape index (κ1) is 18.1. The van der Waals surface area contributed by atoms with Crippen LogP contribution in [0.3, 0.4) is 0 Å². The minimum atomic E-state index is -0.0477. The molecule has 0 spiro atoms. The maximum Gasteiger partial charge on any atom is 0.228 e. The second-order valence-electron chi connectivity index (χ2n) is 7.21. The fourth-order valence-electron chi connectivity index (χ4n) is 4.15. The van der Waals surface area contributed by atoms with Crippen molar-refractivity contribution in [2.75, 3.05) is 7.11 Å². The fourth-order valence-corrected chi connectivity index (χ4v) is 4.15. The number of hydrogen-bond acceptors (Lipinski definition) is 3. The Morgan fingerprint density at radius 3 is 2.17 bits per heavy atom. The summed E-state index contributed by atoms with van der Waals surface area (Å²) in [6.07, 6.45) is 1.80. The smallest absolute Gasteiger partial charge is 0.228 e. The van der Waals surface area contributed by atoms with Crippen LogP contribution in [-0.4, -0.2) is 22.6 Å². The quantitative estimate of drug-likeness (QED) is 0.368. The number of pyridine rings is 1. The zero-order valence-corrected chi connectivity index (χ0v) is 16.8. The first-order valence-corrected chi connectivity index (χ1v) is 9.82. The van der Waals surface area contributed by atoms with Gasteiger partial charge in [0.05, 0.1) is 30.0 Å². The van der Waals surface area contributed by atoms with Crippen LogP contribution in [0.5, 0.6) is 5.75 Å². The van der Waals surface area contributed by atoms with Gasteiger partial charge in [0.1, 0.15) is 5.75 Å². The van der Waals surface area contributed by atoms with Crippen LogP contribution in [0.2, 0.25) is 0 Å². The van der Waals surface area contributed by atoms with E-state index in [1.54, 1.807) is 24.8 Å². The van der Waals surface area contributed by atoms with Crippen LogP contribution in [0.1, 0.15) is 11.7 Å². The number of carbonyl (C=O) groups excluding carboxylic acids is 1. The first-order chi connectivity index (χ1) is 14.7. The lowest BCUT2D eigenvalue weighted by atomic mass is 9.95. The van der Waals surface area contributed by atoms with E-state index in [2.05, 4.69) is 24.3 Å². The van der Waals surface area contributed by atoms with Crippen LogP contribution < -0.4 is 4.74 Å². The molecule has 0 atom stereocenters. The lowest BCUT2D eigenvalue weighted by Gasteiger charge is -2.12. The number of fused-ring (bicyclic) bond motifs is 3. The lowest BCUT2D eigenvalue weighted by Crippen LogP contribution is -2.05. The Bertz CT molecular complexity index is 1390.